The molecule has 1 aromatic rings. The zero-order chi connectivity index (χ0) is 17.9. The molecule has 1 aliphatic rings. The summed E-state index contributed by atoms with van der Waals surface area (Å²) in [7, 11) is 0. The van der Waals surface area contributed by atoms with Crippen LogP contribution < -0.4 is 10.2 Å². The number of amides is 1. The number of ether oxygens (including phenoxy) is 1. The first kappa shape index (κ1) is 18.5. The van der Waals surface area contributed by atoms with Gasteiger partial charge < -0.3 is 4.74 Å². The molecule has 1 amide bonds. The van der Waals surface area contributed by atoms with Crippen LogP contribution >= 0.6 is 11.6 Å². The maximum atomic E-state index is 11.9. The highest BCUT2D eigenvalue weighted by Gasteiger charge is 2.30. The van der Waals surface area contributed by atoms with Gasteiger partial charge in [-0.25, -0.2) is 5.43 Å². The standard InChI is InChI=1S/C18H23ClN2O3/c1-11-5-15(6-12(2)17(11)19)24-10-16(23)21-20-13-7-14(22)9-18(3,4)8-13/h5-6H,7-10H2,1-4H3,(H,21,23)/b20-13-. The quantitative estimate of drug-likeness (QED) is 0.844. The van der Waals surface area contributed by atoms with Crippen LogP contribution in [0.3, 0.4) is 0 Å². The van der Waals surface area contributed by atoms with Crippen molar-refractivity contribution in [2.75, 3.05) is 6.61 Å². The van der Waals surface area contributed by atoms with Gasteiger partial charge in [0.1, 0.15) is 11.5 Å². The van der Waals surface area contributed by atoms with Gasteiger partial charge in [0.15, 0.2) is 6.61 Å². The number of carbonyl (C=O) groups is 2. The highest BCUT2D eigenvalue weighted by atomic mass is 35.5. The van der Waals surface area contributed by atoms with Crippen LogP contribution in [0.5, 0.6) is 5.75 Å². The monoisotopic (exact) mass is 350 g/mol. The van der Waals surface area contributed by atoms with E-state index in [9.17, 15) is 9.59 Å². The van der Waals surface area contributed by atoms with Crippen molar-refractivity contribution in [3.63, 3.8) is 0 Å². The van der Waals surface area contributed by atoms with Crippen LogP contribution in [0.25, 0.3) is 0 Å². The molecule has 1 saturated carbocycles. The molecule has 6 heteroatoms. The third-order valence-corrected chi connectivity index (χ3v) is 4.47. The molecule has 0 atom stereocenters. The molecule has 2 rings (SSSR count). The molecule has 0 aromatic heterocycles. The van der Waals surface area contributed by atoms with Crippen molar-refractivity contribution in [2.45, 2.75) is 47.0 Å². The molecule has 24 heavy (non-hydrogen) atoms. The van der Waals surface area contributed by atoms with Crippen LogP contribution in [0.4, 0.5) is 0 Å². The molecule has 1 aromatic carbocycles. The fourth-order valence-corrected chi connectivity index (χ4v) is 3.00. The fourth-order valence-electron chi connectivity index (χ4n) is 2.89. The van der Waals surface area contributed by atoms with Gasteiger partial charge in [-0.2, -0.15) is 5.10 Å². The predicted octanol–water partition coefficient (Wildman–Crippen LogP) is 3.59. The summed E-state index contributed by atoms with van der Waals surface area (Å²) in [5.74, 6) is 0.386. The lowest BCUT2D eigenvalue weighted by Gasteiger charge is -2.28. The zero-order valence-corrected chi connectivity index (χ0v) is 15.3. The number of aryl methyl sites for hydroxylation is 2. The highest BCUT2D eigenvalue weighted by molar-refractivity contribution is 6.32. The van der Waals surface area contributed by atoms with E-state index >= 15 is 0 Å². The van der Waals surface area contributed by atoms with E-state index in [1.165, 1.54) is 0 Å². The molecular weight excluding hydrogens is 328 g/mol. The summed E-state index contributed by atoms with van der Waals surface area (Å²) >= 11 is 6.10. The van der Waals surface area contributed by atoms with Gasteiger partial charge in [-0.3, -0.25) is 9.59 Å². The van der Waals surface area contributed by atoms with Gasteiger partial charge in [-0.1, -0.05) is 25.4 Å². The summed E-state index contributed by atoms with van der Waals surface area (Å²) in [6, 6.07) is 3.58. The average Bonchev–Trinajstić information content (AvgIpc) is 2.46. The Morgan fingerprint density at radius 2 is 1.92 bits per heavy atom. The largest absolute Gasteiger partial charge is 0.484 e. The molecule has 0 heterocycles. The summed E-state index contributed by atoms with van der Waals surface area (Å²) in [4.78, 5) is 23.6. The average molecular weight is 351 g/mol. The number of nitrogens with one attached hydrogen (secondary N) is 1. The van der Waals surface area contributed by atoms with Gasteiger partial charge in [-0.15, -0.1) is 0 Å². The van der Waals surface area contributed by atoms with Gasteiger partial charge in [0, 0.05) is 23.6 Å². The van der Waals surface area contributed by atoms with Crippen LogP contribution in [0.1, 0.15) is 44.2 Å². The lowest BCUT2D eigenvalue weighted by atomic mass is 9.76. The van der Waals surface area contributed by atoms with Gasteiger partial charge in [0.25, 0.3) is 5.91 Å². The Balaban J connectivity index is 1.90. The lowest BCUT2D eigenvalue weighted by Crippen LogP contribution is -2.32. The first-order valence-electron chi connectivity index (χ1n) is 7.92. The Kier molecular flexibility index (Phi) is 5.65. The molecule has 1 aliphatic carbocycles. The van der Waals surface area contributed by atoms with Crippen molar-refractivity contribution in [2.24, 2.45) is 10.5 Å². The third-order valence-electron chi connectivity index (χ3n) is 3.88. The van der Waals surface area contributed by atoms with Crippen molar-refractivity contribution in [3.05, 3.63) is 28.3 Å². The maximum absolute atomic E-state index is 11.9. The Labute approximate surface area is 147 Å². The summed E-state index contributed by atoms with van der Waals surface area (Å²) in [6.45, 7) is 7.67. The van der Waals surface area contributed by atoms with Crippen molar-refractivity contribution in [3.8, 4) is 5.75 Å². The second-order valence-electron chi connectivity index (χ2n) is 7.11. The van der Waals surface area contributed by atoms with Crippen LogP contribution in [-0.2, 0) is 9.59 Å². The number of hydrazone groups is 1. The van der Waals surface area contributed by atoms with Crippen LogP contribution in [0.2, 0.25) is 5.02 Å². The molecule has 0 bridgehead atoms. The van der Waals surface area contributed by atoms with Gasteiger partial charge in [-0.05, 0) is 48.9 Å². The van der Waals surface area contributed by atoms with Crippen LogP contribution in [0, 0.1) is 19.3 Å². The number of carbonyl (C=O) groups excluding carboxylic acids is 2. The van der Waals surface area contributed by atoms with E-state index in [1.54, 1.807) is 12.1 Å². The first-order chi connectivity index (χ1) is 11.2. The second kappa shape index (κ2) is 7.34. The first-order valence-corrected chi connectivity index (χ1v) is 8.29. The smallest absolute Gasteiger partial charge is 0.277 e. The molecule has 5 nitrogen and oxygen atoms in total. The van der Waals surface area contributed by atoms with Crippen molar-refractivity contribution in [1.82, 2.24) is 5.43 Å². The maximum Gasteiger partial charge on any atom is 0.277 e. The lowest BCUT2D eigenvalue weighted by molar-refractivity contribution is -0.123. The molecular formula is C18H23ClN2O3. The number of rotatable bonds is 4. The zero-order valence-electron chi connectivity index (χ0n) is 14.5. The minimum atomic E-state index is -0.358. The van der Waals surface area contributed by atoms with Gasteiger partial charge >= 0.3 is 0 Å². The molecule has 130 valence electrons. The number of benzene rings is 1. The van der Waals surface area contributed by atoms with E-state index in [1.807, 2.05) is 27.7 Å². The topological polar surface area (TPSA) is 67.8 Å². The minimum Gasteiger partial charge on any atom is -0.484 e. The minimum absolute atomic E-state index is 0.103. The number of halogens is 1. The molecule has 1 fully saturated rings. The molecule has 0 saturated heterocycles. The Morgan fingerprint density at radius 1 is 1.29 bits per heavy atom. The van der Waals surface area contributed by atoms with Crippen molar-refractivity contribution < 1.29 is 14.3 Å². The number of nitrogens with zero attached hydrogens (tertiary/aromatic N) is 1. The van der Waals surface area contributed by atoms with E-state index in [0.29, 0.717) is 35.7 Å². The summed E-state index contributed by atoms with van der Waals surface area (Å²) < 4.78 is 5.48. The molecule has 0 aliphatic heterocycles. The van der Waals surface area contributed by atoms with E-state index in [-0.39, 0.29) is 23.7 Å². The molecule has 0 spiro atoms. The highest BCUT2D eigenvalue weighted by Crippen LogP contribution is 2.31. The van der Waals surface area contributed by atoms with E-state index in [2.05, 4.69) is 10.5 Å². The normalized spacial score (nSPS) is 18.5. The Bertz CT molecular complexity index is 672. The summed E-state index contributed by atoms with van der Waals surface area (Å²) in [5.41, 5.74) is 4.87. The van der Waals surface area contributed by atoms with E-state index in [4.69, 9.17) is 16.3 Å². The molecule has 0 radical (unpaired) electrons. The van der Waals surface area contributed by atoms with Crippen LogP contribution in [-0.4, -0.2) is 24.0 Å². The third kappa shape index (κ3) is 5.06. The molecule has 0 unspecified atom stereocenters. The van der Waals surface area contributed by atoms with E-state index < -0.39 is 0 Å². The second-order valence-corrected chi connectivity index (χ2v) is 7.48. The Hall–Kier alpha value is -1.88. The number of Topliss-reactive ketones (excluding diaryl/α,β-unsaturated/α-hetero) is 1. The van der Waals surface area contributed by atoms with Gasteiger partial charge in [0.2, 0.25) is 0 Å². The fraction of sp³-hybridized carbons (Fsp3) is 0.500. The van der Waals surface area contributed by atoms with Crippen LogP contribution in [0.15, 0.2) is 17.2 Å². The summed E-state index contributed by atoms with van der Waals surface area (Å²) in [5, 5.41) is 4.78. The van der Waals surface area contributed by atoms with Crippen molar-refractivity contribution in [1.29, 1.82) is 0 Å². The summed E-state index contributed by atoms with van der Waals surface area (Å²) in [6.07, 6.45) is 1.56. The SMILES string of the molecule is Cc1cc(OCC(=O)N/N=C2/CC(=O)CC(C)(C)C2)cc(C)c1Cl. The van der Waals surface area contributed by atoms with Crippen molar-refractivity contribution >= 4 is 29.0 Å². The number of hydrogen-bond acceptors (Lipinski definition) is 4. The number of hydrogen-bond donors (Lipinski definition) is 1. The molecule has 1 N–H and O–H groups in total. The van der Waals surface area contributed by atoms with Gasteiger partial charge in [0.05, 0.1) is 0 Å². The number of ketones is 1. The predicted molar refractivity (Wildman–Crippen MR) is 94.6 cm³/mol. The Morgan fingerprint density at radius 3 is 2.50 bits per heavy atom. The van der Waals surface area contributed by atoms with E-state index in [0.717, 1.165) is 11.1 Å².